The first-order chi connectivity index (χ1) is 64.0. The molecule has 36 heteroatoms. The van der Waals surface area contributed by atoms with Crippen LogP contribution < -0.4 is 39.5 Å². The zero-order chi connectivity index (χ0) is 94.9. The predicted molar refractivity (Wildman–Crippen MR) is 548 cm³/mol. The monoisotopic (exact) mass is 2040 g/mol. The van der Waals surface area contributed by atoms with Crippen molar-refractivity contribution in [3.05, 3.63) is 179 Å². The third-order valence-corrected chi connectivity index (χ3v) is 38.5. The minimum atomic E-state index is -1.09. The number of aromatic carboxylic acids is 1. The van der Waals surface area contributed by atoms with Gasteiger partial charge in [-0.1, -0.05) is 241 Å². The van der Waals surface area contributed by atoms with Gasteiger partial charge in [0, 0.05) is 126 Å². The Bertz CT molecular complexity index is 4370. The van der Waals surface area contributed by atoms with Crippen LogP contribution in [-0.2, 0) is 38.2 Å². The summed E-state index contributed by atoms with van der Waals surface area (Å²) >= 11 is 0. The lowest BCUT2D eigenvalue weighted by Gasteiger charge is -2.14. The van der Waals surface area contributed by atoms with Gasteiger partial charge < -0.3 is 59.0 Å². The third kappa shape index (κ3) is 45.0. The molecule has 0 radical (unpaired) electrons. The maximum atomic E-state index is 12.1. The van der Waals surface area contributed by atoms with E-state index >= 15 is 0 Å². The van der Waals surface area contributed by atoms with E-state index in [1.807, 2.05) is 130 Å². The van der Waals surface area contributed by atoms with Crippen LogP contribution in [0.3, 0.4) is 0 Å². The van der Waals surface area contributed by atoms with Gasteiger partial charge in [0.05, 0.1) is 30.4 Å². The van der Waals surface area contributed by atoms with Gasteiger partial charge in [0.25, 0.3) is 17.7 Å². The fourth-order valence-electron chi connectivity index (χ4n) is 13.4. The number of nitrogens with zero attached hydrogens (tertiary/aromatic N) is 1. The van der Waals surface area contributed by atoms with Gasteiger partial charge in [-0.15, -0.1) is 0 Å². The topological polar surface area (TPSA) is 340 Å². The largest absolute Gasteiger partial charge is 0.478 e. The maximum absolute atomic E-state index is 12.1. The van der Waals surface area contributed by atoms with Crippen LogP contribution >= 0.6 is 130 Å². The van der Waals surface area contributed by atoms with Gasteiger partial charge in [0.2, 0.25) is 0 Å². The molecule has 0 aromatic heterocycles. The van der Waals surface area contributed by atoms with E-state index in [0.717, 1.165) is 134 Å². The summed E-state index contributed by atoms with van der Waals surface area (Å²) < 4.78 is 41.4. The highest BCUT2D eigenvalue weighted by Crippen LogP contribution is 2.45. The number of carboxylic acid groups (broad SMARTS) is 1. The zero-order valence-electron chi connectivity index (χ0n) is 75.5. The summed E-state index contributed by atoms with van der Waals surface area (Å²) in [6, 6.07) is 39.8. The number of nitrogens with two attached hydrogens (primary N) is 1. The minimum absolute atomic E-state index is 0.0187. The lowest BCUT2D eigenvalue weighted by atomic mass is 10.1. The summed E-state index contributed by atoms with van der Waals surface area (Å²) in [7, 11) is 29.6. The molecular weight excluding hydrogens is 1920 g/mol. The number of ether oxygens (including phenoxy) is 8. The Kier molecular flexibility index (Phi) is 56.6. The Morgan fingerprint density at radius 2 is 0.576 bits per heavy atom. The first-order valence-corrected chi connectivity index (χ1v) is 59.0. The number of carboxylic acids is 1. The van der Waals surface area contributed by atoms with E-state index < -0.39 is 23.8 Å². The number of unbranched alkanes of at least 4 members (excludes halogenated alkanes) is 6. The number of nitrogens with one attached hydrogen (secondary N) is 1. The Morgan fingerprint density at radius 1 is 0.341 bits per heavy atom. The molecule has 6 aromatic rings. The Hall–Kier alpha value is -6.84. The molecule has 3 amide bonds. The van der Waals surface area contributed by atoms with Crippen LogP contribution in [0.15, 0.2) is 146 Å². The van der Waals surface area contributed by atoms with Gasteiger partial charge in [-0.05, 0) is 195 Å². The van der Waals surface area contributed by atoms with E-state index in [-0.39, 0.29) is 87.3 Å². The summed E-state index contributed by atoms with van der Waals surface area (Å²) in [4.78, 5) is 142. The molecule has 0 spiro atoms. The van der Waals surface area contributed by atoms with E-state index in [0.29, 0.717) is 73.3 Å². The molecule has 0 bridgehead atoms. The second kappa shape index (κ2) is 66.6. The SMILES string of the molecule is CCOC(=O)c1ccccc1OC(=O)CCCC[C@@H]1CCSS1.CN(C)C(=O)c1ccccc1OC(=O)CCCC[C@@H]1CCSS1.CNC(=O)c1ccccc1OC(=O)CCCC[C@@H]1CCSS1.COC(=O)c1ccccc1OC(=O)CCCC[C@@H]1CCSS1.NC(=O)c1ccccc1OC(=O)CCCC[C@@H]1CCSS1.O=C(CCCC[C@@H]1CCSS1)Oc1ccccc1C(=O)O. The third-order valence-electron chi connectivity index (χ3n) is 20.5. The van der Waals surface area contributed by atoms with E-state index in [1.54, 1.807) is 162 Å². The molecule has 24 nitrogen and oxygen atoms in total. The minimum Gasteiger partial charge on any atom is -0.478 e. The summed E-state index contributed by atoms with van der Waals surface area (Å²) in [5, 5.41) is 16.0. The molecule has 0 unspecified atom stereocenters. The predicted octanol–water partition coefficient (Wildman–Crippen LogP) is 23.7. The second-order valence-corrected chi connectivity index (χ2v) is 47.7. The lowest BCUT2D eigenvalue weighted by molar-refractivity contribution is -0.135. The number of rotatable bonds is 43. The van der Waals surface area contributed by atoms with Crippen LogP contribution in [0.2, 0.25) is 0 Å². The smallest absolute Gasteiger partial charge is 0.341 e. The van der Waals surface area contributed by atoms with Crippen molar-refractivity contribution in [1.29, 1.82) is 0 Å². The molecule has 0 aliphatic carbocycles. The number of methoxy groups -OCH3 is 1. The highest BCUT2D eigenvalue weighted by atomic mass is 33.1. The molecule has 6 atom stereocenters. The van der Waals surface area contributed by atoms with Crippen molar-refractivity contribution in [3.63, 3.8) is 0 Å². The quantitative estimate of drug-likeness (QED) is 0.0138. The number of carbonyl (C=O) groups excluding carboxylic acids is 11. The number of para-hydroxylation sites is 6. The molecule has 6 fully saturated rings. The van der Waals surface area contributed by atoms with E-state index in [9.17, 15) is 57.5 Å². The van der Waals surface area contributed by atoms with Crippen molar-refractivity contribution >= 4 is 201 Å². The Morgan fingerprint density at radius 3 is 0.826 bits per heavy atom. The van der Waals surface area contributed by atoms with E-state index in [4.69, 9.17) is 44.0 Å². The highest BCUT2D eigenvalue weighted by molar-refractivity contribution is 8.78. The van der Waals surface area contributed by atoms with Crippen LogP contribution in [-0.4, -0.2) is 182 Å². The summed E-state index contributed by atoms with van der Waals surface area (Å²) in [6.45, 7) is 2.03. The second-order valence-electron chi connectivity index (χ2n) is 30.9. The molecular formula is C96H123N3O21S12. The van der Waals surface area contributed by atoms with Crippen molar-refractivity contribution in [1.82, 2.24) is 10.2 Å². The molecule has 132 heavy (non-hydrogen) atoms. The standard InChI is InChI=1S/C17H23NO3S2.C17H22O4S2.C16H21NO3S2.C16H20O4S2.C15H19NO3S2.C15H18O4S2/c1-18(2)17(20)14-8-4-5-9-15(14)21-16(19)10-6-3-7-13-11-12-22-23-13;1-2-20-17(19)14-8-4-5-9-15(14)21-16(18)10-6-3-7-13-11-12-22-23-13;1-17-16(19)13-7-3-4-8-14(13)20-15(18)9-5-2-6-12-10-11-21-22-12;1-19-16(18)13-7-3-4-8-14(13)20-15(17)9-5-2-6-12-10-11-21-22-12;16-15(18)12-6-2-3-7-13(12)19-14(17)8-4-1-5-11-9-10-20-21-11;16-14(8-4-1-5-11-9-10-20-21-11)19-13-7-3-2-6-12(13)15(17)18/h4-5,8-9,13H,3,6-7,10-12H2,1-2H3;4-5,8-9,13H,2-3,6-7,10-12H2,1H3;3-4,7-8,12H,2,5-6,9-11H2,1H3,(H,17,19);3-4,7-8,12H,2,5-6,9-11H2,1H3;2-3,6-7,11H,1,4-5,8-10H2,(H2,16,18);2-3,6-7,11H,1,4-5,8-10H2,(H,17,18)/t2*13-;2*12-;2*11-/m111111/s1. The van der Waals surface area contributed by atoms with Crippen LogP contribution in [0, 0.1) is 0 Å². The van der Waals surface area contributed by atoms with Gasteiger partial charge in [-0.2, -0.15) is 0 Å². The van der Waals surface area contributed by atoms with Crippen LogP contribution in [0.5, 0.6) is 34.5 Å². The zero-order valence-corrected chi connectivity index (χ0v) is 85.3. The van der Waals surface area contributed by atoms with Crippen molar-refractivity contribution in [2.45, 2.75) is 231 Å². The van der Waals surface area contributed by atoms with Crippen LogP contribution in [0.4, 0.5) is 0 Å². The number of amides is 3. The molecule has 0 saturated carbocycles. The maximum Gasteiger partial charge on any atom is 0.341 e. The first kappa shape index (κ1) is 112. The van der Waals surface area contributed by atoms with Crippen LogP contribution in [0.25, 0.3) is 0 Å². The molecule has 4 N–H and O–H groups in total. The molecule has 12 rings (SSSR count). The number of primary amides is 1. The van der Waals surface area contributed by atoms with Gasteiger partial charge >= 0.3 is 53.7 Å². The summed E-state index contributed by atoms with van der Waals surface area (Å²) in [6.07, 6.45) is 27.9. The average molecular weight is 2040 g/mol. The molecule has 6 heterocycles. The number of carbonyl (C=O) groups is 12. The molecule has 6 saturated heterocycles. The molecule has 6 aliphatic heterocycles. The molecule has 6 aromatic carbocycles. The van der Waals surface area contributed by atoms with Crippen molar-refractivity contribution in [2.75, 3.05) is 69.4 Å². The Balaban J connectivity index is 0.000000216. The Labute approximate surface area is 824 Å². The summed E-state index contributed by atoms with van der Waals surface area (Å²) in [5.74, 6) is 4.15. The average Bonchev–Trinajstić information content (AvgIpc) is 1.81. The normalized spacial score (nSPS) is 17.3. The van der Waals surface area contributed by atoms with Gasteiger partial charge in [-0.25, -0.2) is 14.4 Å². The number of esters is 8. The van der Waals surface area contributed by atoms with Gasteiger partial charge in [0.15, 0.2) is 0 Å². The van der Waals surface area contributed by atoms with Gasteiger partial charge in [-0.3, -0.25) is 43.2 Å². The van der Waals surface area contributed by atoms with Crippen molar-refractivity contribution in [3.8, 4) is 34.5 Å². The lowest BCUT2D eigenvalue weighted by Crippen LogP contribution is -2.23. The molecule has 6 aliphatic rings. The van der Waals surface area contributed by atoms with Gasteiger partial charge in [0.1, 0.15) is 51.2 Å². The fraction of sp³-hybridized carbons (Fsp3) is 0.500. The fourth-order valence-corrected chi connectivity index (χ4v) is 31.6. The van der Waals surface area contributed by atoms with Crippen molar-refractivity contribution < 1.29 is 101 Å². The highest BCUT2D eigenvalue weighted by Gasteiger charge is 2.26. The number of hydrogen-bond acceptors (Lipinski definition) is 32. The van der Waals surface area contributed by atoms with E-state index in [2.05, 4.69) is 10.1 Å². The molecule has 720 valence electrons. The van der Waals surface area contributed by atoms with Crippen LogP contribution in [0.1, 0.15) is 262 Å². The number of benzene rings is 6. The summed E-state index contributed by atoms with van der Waals surface area (Å²) in [5.41, 5.74) is 6.88. The van der Waals surface area contributed by atoms with E-state index in [1.165, 1.54) is 110 Å². The first-order valence-electron chi connectivity index (χ1n) is 44.7. The van der Waals surface area contributed by atoms with Crippen molar-refractivity contribution in [2.24, 2.45) is 5.73 Å². The number of hydrogen-bond donors (Lipinski definition) is 3.